The van der Waals surface area contributed by atoms with Crippen LogP contribution in [0.2, 0.25) is 0 Å². The predicted molar refractivity (Wildman–Crippen MR) is 69.1 cm³/mol. The van der Waals surface area contributed by atoms with Crippen LogP contribution in [0, 0.1) is 11.7 Å². The molecule has 1 aromatic rings. The van der Waals surface area contributed by atoms with Gasteiger partial charge < -0.3 is 10.5 Å². The zero-order chi connectivity index (χ0) is 11.5. The number of nitrogens with two attached hydrogens (primary N) is 1. The molecule has 2 nitrogen and oxygen atoms in total. The lowest BCUT2D eigenvalue weighted by Gasteiger charge is -2.21. The summed E-state index contributed by atoms with van der Waals surface area (Å²) in [7, 11) is 1.56. The van der Waals surface area contributed by atoms with E-state index in [9.17, 15) is 4.39 Å². The van der Waals surface area contributed by atoms with Crippen LogP contribution in [0.1, 0.15) is 37.3 Å². The van der Waals surface area contributed by atoms with Crippen molar-refractivity contribution in [3.8, 4) is 5.75 Å². The minimum absolute atomic E-state index is 0. The third-order valence-corrected chi connectivity index (χ3v) is 3.46. The lowest BCUT2D eigenvalue weighted by Crippen LogP contribution is -2.19. The Balaban J connectivity index is 0.00000144. The molecule has 4 heteroatoms. The molecule has 0 radical (unpaired) electrons. The van der Waals surface area contributed by atoms with Crippen molar-refractivity contribution >= 4 is 12.4 Å². The molecule has 1 aliphatic rings. The molecule has 1 fully saturated rings. The largest absolute Gasteiger partial charge is 0.496 e. The lowest BCUT2D eigenvalue weighted by molar-refractivity contribution is 0.382. The van der Waals surface area contributed by atoms with E-state index in [1.165, 1.54) is 37.8 Å². The monoisotopic (exact) mass is 259 g/mol. The zero-order valence-electron chi connectivity index (χ0n) is 9.99. The fraction of sp³-hybridized carbons (Fsp3) is 0.538. The number of benzene rings is 1. The third-order valence-electron chi connectivity index (χ3n) is 3.46. The van der Waals surface area contributed by atoms with Crippen molar-refractivity contribution < 1.29 is 9.13 Å². The van der Waals surface area contributed by atoms with Crippen LogP contribution in [-0.2, 0) is 0 Å². The Morgan fingerprint density at radius 1 is 1.35 bits per heavy atom. The first-order chi connectivity index (χ1) is 7.72. The Labute approximate surface area is 108 Å². The molecule has 17 heavy (non-hydrogen) atoms. The Kier molecular flexibility index (Phi) is 5.22. The second kappa shape index (κ2) is 6.22. The maximum absolute atomic E-state index is 13.1. The molecule has 1 aromatic carbocycles. The average molecular weight is 260 g/mol. The Morgan fingerprint density at radius 2 is 2.00 bits per heavy atom. The molecule has 0 spiro atoms. The van der Waals surface area contributed by atoms with E-state index in [2.05, 4.69) is 0 Å². The first-order valence-electron chi connectivity index (χ1n) is 5.81. The maximum Gasteiger partial charge on any atom is 0.126 e. The summed E-state index contributed by atoms with van der Waals surface area (Å²) in [5.74, 6) is 0.804. The van der Waals surface area contributed by atoms with Crippen LogP contribution >= 0.6 is 12.4 Å². The summed E-state index contributed by atoms with van der Waals surface area (Å²) in [4.78, 5) is 0. The van der Waals surface area contributed by atoms with Gasteiger partial charge in [0.2, 0.25) is 0 Å². The van der Waals surface area contributed by atoms with Crippen molar-refractivity contribution in [2.24, 2.45) is 11.7 Å². The van der Waals surface area contributed by atoms with Gasteiger partial charge in [0, 0.05) is 17.7 Å². The van der Waals surface area contributed by atoms with Gasteiger partial charge in [-0.25, -0.2) is 4.39 Å². The van der Waals surface area contributed by atoms with Gasteiger partial charge in [0.1, 0.15) is 11.6 Å². The Morgan fingerprint density at radius 3 is 2.59 bits per heavy atom. The summed E-state index contributed by atoms with van der Waals surface area (Å²) in [6, 6.07) is 4.58. The van der Waals surface area contributed by atoms with E-state index in [0.717, 1.165) is 5.56 Å². The second-order valence-corrected chi connectivity index (χ2v) is 4.46. The molecule has 0 bridgehead atoms. The van der Waals surface area contributed by atoms with Gasteiger partial charge in [-0.15, -0.1) is 12.4 Å². The van der Waals surface area contributed by atoms with E-state index in [1.807, 2.05) is 0 Å². The van der Waals surface area contributed by atoms with Crippen LogP contribution in [0.5, 0.6) is 5.75 Å². The van der Waals surface area contributed by atoms with Crippen molar-refractivity contribution in [3.05, 3.63) is 29.6 Å². The quantitative estimate of drug-likeness (QED) is 0.902. The minimum Gasteiger partial charge on any atom is -0.496 e. The van der Waals surface area contributed by atoms with Crippen LogP contribution in [0.4, 0.5) is 4.39 Å². The SMILES string of the molecule is COc1cc(F)ccc1[C@@H](N)C1CCCC1.Cl. The highest BCUT2D eigenvalue weighted by molar-refractivity contribution is 5.85. The first kappa shape index (κ1) is 14.3. The first-order valence-corrected chi connectivity index (χ1v) is 5.81. The maximum atomic E-state index is 13.1. The van der Waals surface area contributed by atoms with Crippen LogP contribution in [-0.4, -0.2) is 7.11 Å². The molecule has 0 saturated heterocycles. The average Bonchev–Trinajstić information content (AvgIpc) is 2.81. The van der Waals surface area contributed by atoms with Crippen LogP contribution in [0.3, 0.4) is 0 Å². The molecule has 0 amide bonds. The van der Waals surface area contributed by atoms with Crippen LogP contribution in [0.25, 0.3) is 0 Å². The van der Waals surface area contributed by atoms with E-state index in [0.29, 0.717) is 11.7 Å². The minimum atomic E-state index is -0.278. The number of rotatable bonds is 3. The van der Waals surface area contributed by atoms with Gasteiger partial charge >= 0.3 is 0 Å². The number of hydrogen-bond acceptors (Lipinski definition) is 2. The van der Waals surface area contributed by atoms with Gasteiger partial charge in [-0.3, -0.25) is 0 Å². The van der Waals surface area contributed by atoms with E-state index >= 15 is 0 Å². The smallest absolute Gasteiger partial charge is 0.126 e. The summed E-state index contributed by atoms with van der Waals surface area (Å²) in [6.07, 6.45) is 4.84. The molecule has 0 unspecified atom stereocenters. The summed E-state index contributed by atoms with van der Waals surface area (Å²) < 4.78 is 18.2. The molecule has 2 N–H and O–H groups in total. The fourth-order valence-corrected chi connectivity index (χ4v) is 2.53. The molecule has 0 aliphatic heterocycles. The van der Waals surface area contributed by atoms with Crippen LogP contribution < -0.4 is 10.5 Å². The van der Waals surface area contributed by atoms with Gasteiger partial charge in [0.05, 0.1) is 7.11 Å². The van der Waals surface area contributed by atoms with Crippen molar-refractivity contribution in [3.63, 3.8) is 0 Å². The molecule has 1 saturated carbocycles. The van der Waals surface area contributed by atoms with E-state index < -0.39 is 0 Å². The van der Waals surface area contributed by atoms with E-state index in [1.54, 1.807) is 13.2 Å². The normalized spacial score (nSPS) is 17.6. The molecule has 1 aliphatic carbocycles. The highest BCUT2D eigenvalue weighted by Gasteiger charge is 2.25. The van der Waals surface area contributed by atoms with E-state index in [4.69, 9.17) is 10.5 Å². The number of ether oxygens (including phenoxy) is 1. The third kappa shape index (κ3) is 3.11. The number of hydrogen-bond donors (Lipinski definition) is 1. The lowest BCUT2D eigenvalue weighted by atomic mass is 9.92. The fourth-order valence-electron chi connectivity index (χ4n) is 2.53. The highest BCUT2D eigenvalue weighted by Crippen LogP contribution is 2.37. The number of methoxy groups -OCH3 is 1. The standard InChI is InChI=1S/C13H18FNO.ClH/c1-16-12-8-10(14)6-7-11(12)13(15)9-4-2-3-5-9;/h6-9,13H,2-5,15H2,1H3;1H/t13-;/m0./s1. The summed E-state index contributed by atoms with van der Waals surface area (Å²) in [6.45, 7) is 0. The van der Waals surface area contributed by atoms with Crippen molar-refractivity contribution in [2.75, 3.05) is 7.11 Å². The predicted octanol–water partition coefficient (Wildman–Crippen LogP) is 3.45. The number of halogens is 2. The van der Waals surface area contributed by atoms with Crippen molar-refractivity contribution in [1.82, 2.24) is 0 Å². The van der Waals surface area contributed by atoms with Crippen molar-refractivity contribution in [2.45, 2.75) is 31.7 Å². The summed E-state index contributed by atoms with van der Waals surface area (Å²) >= 11 is 0. The molecule has 0 aromatic heterocycles. The van der Waals surface area contributed by atoms with Crippen molar-refractivity contribution in [1.29, 1.82) is 0 Å². The summed E-state index contributed by atoms with van der Waals surface area (Å²) in [5, 5.41) is 0. The molecule has 96 valence electrons. The molecule has 1 atom stereocenters. The second-order valence-electron chi connectivity index (χ2n) is 4.46. The Hall–Kier alpha value is -0.800. The van der Waals surface area contributed by atoms with E-state index in [-0.39, 0.29) is 24.3 Å². The Bertz CT molecular complexity index is 366. The van der Waals surface area contributed by atoms with Gasteiger partial charge in [-0.1, -0.05) is 18.9 Å². The highest BCUT2D eigenvalue weighted by atomic mass is 35.5. The molecular formula is C13H19ClFNO. The van der Waals surface area contributed by atoms with Gasteiger partial charge in [0.25, 0.3) is 0 Å². The molecule has 2 rings (SSSR count). The van der Waals surface area contributed by atoms with Gasteiger partial charge in [0.15, 0.2) is 0 Å². The molecule has 0 heterocycles. The topological polar surface area (TPSA) is 35.2 Å². The zero-order valence-corrected chi connectivity index (χ0v) is 10.8. The van der Waals surface area contributed by atoms with Crippen LogP contribution in [0.15, 0.2) is 18.2 Å². The van der Waals surface area contributed by atoms with Gasteiger partial charge in [-0.05, 0) is 24.8 Å². The van der Waals surface area contributed by atoms with Gasteiger partial charge in [-0.2, -0.15) is 0 Å². The molecular weight excluding hydrogens is 241 g/mol. The summed E-state index contributed by atoms with van der Waals surface area (Å²) in [5.41, 5.74) is 7.15.